The number of rotatable bonds is 4. The number of thiazole rings is 1. The lowest BCUT2D eigenvalue weighted by Gasteiger charge is -2.03. The third kappa shape index (κ3) is 2.64. The van der Waals surface area contributed by atoms with E-state index in [1.807, 2.05) is 13.8 Å². The summed E-state index contributed by atoms with van der Waals surface area (Å²) in [6, 6.07) is 0. The van der Waals surface area contributed by atoms with Crippen LogP contribution in [0.25, 0.3) is 10.2 Å². The Morgan fingerprint density at radius 2 is 2.27 bits per heavy atom. The largest absolute Gasteiger partial charge is 0.300 e. The molecule has 0 aromatic carbocycles. The minimum absolute atomic E-state index is 0.182. The smallest absolute Gasteiger partial charge is 0.279 e. The number of nitrogens with zero attached hydrogens (tertiary/aromatic N) is 4. The number of thiophene rings is 1. The predicted octanol–water partition coefficient (Wildman–Crippen LogP) is 1.82. The fourth-order valence-electron chi connectivity index (χ4n) is 2.15. The molecule has 0 atom stereocenters. The number of nitrogens with one attached hydrogen (secondary N) is 1. The average molecular weight is 335 g/mol. The van der Waals surface area contributed by atoms with E-state index in [1.54, 1.807) is 11.6 Å². The number of hydrogen-bond acceptors (Lipinski definition) is 7. The van der Waals surface area contributed by atoms with Crippen LogP contribution in [0.15, 0.2) is 16.4 Å². The Morgan fingerprint density at radius 1 is 1.45 bits per heavy atom. The molecular weight excluding hydrogens is 322 g/mol. The molecule has 3 rings (SSSR count). The highest BCUT2D eigenvalue weighted by atomic mass is 32.1. The van der Waals surface area contributed by atoms with Crippen molar-refractivity contribution in [1.29, 1.82) is 0 Å². The van der Waals surface area contributed by atoms with E-state index in [0.717, 1.165) is 21.5 Å². The molecule has 3 aromatic rings. The summed E-state index contributed by atoms with van der Waals surface area (Å²) < 4.78 is 1.09. The van der Waals surface area contributed by atoms with Crippen molar-refractivity contribution < 1.29 is 4.79 Å². The molecule has 3 aromatic heterocycles. The maximum absolute atomic E-state index is 12.5. The normalized spacial score (nSPS) is 11.0. The predicted molar refractivity (Wildman–Crippen MR) is 86.5 cm³/mol. The first-order valence-electron chi connectivity index (χ1n) is 6.65. The van der Waals surface area contributed by atoms with Crippen molar-refractivity contribution in [1.82, 2.24) is 20.0 Å². The van der Waals surface area contributed by atoms with Crippen molar-refractivity contribution in [3.63, 3.8) is 0 Å². The summed E-state index contributed by atoms with van der Waals surface area (Å²) in [6.45, 7) is 3.75. The van der Waals surface area contributed by atoms with E-state index in [1.165, 1.54) is 22.7 Å². The van der Waals surface area contributed by atoms with Gasteiger partial charge in [-0.05, 0) is 18.9 Å². The second-order valence-electron chi connectivity index (χ2n) is 4.62. The Balaban J connectivity index is 1.91. The van der Waals surface area contributed by atoms with Gasteiger partial charge in [0.05, 0.1) is 5.39 Å². The lowest BCUT2D eigenvalue weighted by atomic mass is 10.2. The quantitative estimate of drug-likeness (QED) is 0.785. The molecule has 0 aliphatic carbocycles. The summed E-state index contributed by atoms with van der Waals surface area (Å²) >= 11 is 2.79. The van der Waals surface area contributed by atoms with Crippen molar-refractivity contribution in [2.75, 3.05) is 5.32 Å². The molecule has 22 heavy (non-hydrogen) atoms. The van der Waals surface area contributed by atoms with Gasteiger partial charge in [-0.2, -0.15) is 0 Å². The van der Waals surface area contributed by atoms with Crippen LogP contribution in [-0.2, 0) is 17.8 Å². The molecule has 9 heteroatoms. The van der Waals surface area contributed by atoms with E-state index in [0.29, 0.717) is 15.3 Å². The lowest BCUT2D eigenvalue weighted by Crippen LogP contribution is -2.30. The van der Waals surface area contributed by atoms with Crippen molar-refractivity contribution in [2.24, 2.45) is 0 Å². The van der Waals surface area contributed by atoms with Gasteiger partial charge >= 0.3 is 0 Å². The number of carbonyl (C=O) groups excluding carboxylic acids is 1. The molecular formula is C13H13N5O2S2. The highest BCUT2D eigenvalue weighted by Crippen LogP contribution is 2.26. The molecule has 114 valence electrons. The summed E-state index contributed by atoms with van der Waals surface area (Å²) in [5.41, 5.74) is 0.643. The number of hydrogen-bond donors (Lipinski definition) is 1. The van der Waals surface area contributed by atoms with E-state index in [-0.39, 0.29) is 18.0 Å². The zero-order valence-electron chi connectivity index (χ0n) is 12.0. The maximum Gasteiger partial charge on any atom is 0.279 e. The van der Waals surface area contributed by atoms with Crippen molar-refractivity contribution >= 4 is 43.9 Å². The van der Waals surface area contributed by atoms with E-state index in [2.05, 4.69) is 20.6 Å². The molecule has 7 nitrogen and oxygen atoms in total. The molecule has 0 saturated heterocycles. The van der Waals surface area contributed by atoms with E-state index < -0.39 is 0 Å². The SMILES string of the molecule is CCc1sc2nnn(CC(=O)Nc3nccs3)c(=O)c2c1C. The van der Waals surface area contributed by atoms with Crippen LogP contribution in [0.2, 0.25) is 0 Å². The number of fused-ring (bicyclic) bond motifs is 1. The third-order valence-electron chi connectivity index (χ3n) is 3.21. The second kappa shape index (κ2) is 5.93. The van der Waals surface area contributed by atoms with Crippen molar-refractivity contribution in [3.05, 3.63) is 32.4 Å². The number of anilines is 1. The molecule has 3 heterocycles. The molecule has 1 amide bonds. The highest BCUT2D eigenvalue weighted by Gasteiger charge is 2.16. The Hall–Kier alpha value is -2.13. The molecule has 0 aliphatic rings. The fraction of sp³-hybridized carbons (Fsp3) is 0.308. The van der Waals surface area contributed by atoms with Gasteiger partial charge in [-0.3, -0.25) is 9.59 Å². The summed E-state index contributed by atoms with van der Waals surface area (Å²) in [7, 11) is 0. The highest BCUT2D eigenvalue weighted by molar-refractivity contribution is 7.18. The summed E-state index contributed by atoms with van der Waals surface area (Å²) in [5.74, 6) is -0.353. The molecule has 0 radical (unpaired) electrons. The van der Waals surface area contributed by atoms with Crippen LogP contribution in [0.1, 0.15) is 17.4 Å². The van der Waals surface area contributed by atoms with E-state index in [9.17, 15) is 9.59 Å². The lowest BCUT2D eigenvalue weighted by molar-refractivity contribution is -0.117. The maximum atomic E-state index is 12.5. The molecule has 0 spiro atoms. The minimum atomic E-state index is -0.353. The van der Waals surface area contributed by atoms with Gasteiger partial charge in [0.1, 0.15) is 6.54 Å². The zero-order chi connectivity index (χ0) is 15.7. The Kier molecular flexibility index (Phi) is 3.99. The monoisotopic (exact) mass is 335 g/mol. The van der Waals surface area contributed by atoms with Crippen LogP contribution in [0.5, 0.6) is 0 Å². The Morgan fingerprint density at radius 3 is 2.95 bits per heavy atom. The van der Waals surface area contributed by atoms with Gasteiger partial charge in [0.25, 0.3) is 5.56 Å². The number of aryl methyl sites for hydroxylation is 2. The first-order valence-corrected chi connectivity index (χ1v) is 8.35. The van der Waals surface area contributed by atoms with Crippen LogP contribution in [-0.4, -0.2) is 25.9 Å². The molecule has 1 N–H and O–H groups in total. The van der Waals surface area contributed by atoms with Gasteiger partial charge in [0.2, 0.25) is 5.91 Å². The first-order chi connectivity index (χ1) is 10.6. The van der Waals surface area contributed by atoms with E-state index in [4.69, 9.17) is 0 Å². The third-order valence-corrected chi connectivity index (χ3v) is 5.22. The molecule has 0 fully saturated rings. The van der Waals surface area contributed by atoms with Crippen molar-refractivity contribution in [2.45, 2.75) is 26.8 Å². The van der Waals surface area contributed by atoms with Crippen LogP contribution < -0.4 is 10.9 Å². The number of carbonyl (C=O) groups is 1. The van der Waals surface area contributed by atoms with Gasteiger partial charge in [-0.1, -0.05) is 12.1 Å². The molecule has 0 bridgehead atoms. The van der Waals surface area contributed by atoms with E-state index >= 15 is 0 Å². The number of aromatic nitrogens is 4. The standard InChI is InChI=1S/C13H13N5O2S2/c1-3-8-7(2)10-11(22-8)16-17-18(12(10)20)6-9(19)15-13-14-4-5-21-13/h4-5H,3,6H2,1-2H3,(H,14,15,19). The zero-order valence-corrected chi connectivity index (χ0v) is 13.6. The van der Waals surface area contributed by atoms with Crippen LogP contribution in [0.4, 0.5) is 5.13 Å². The molecule has 0 aliphatic heterocycles. The Bertz CT molecular complexity index is 882. The first kappa shape index (κ1) is 14.8. The summed E-state index contributed by atoms with van der Waals surface area (Å²) in [6.07, 6.45) is 2.44. The van der Waals surface area contributed by atoms with Gasteiger partial charge in [0.15, 0.2) is 9.96 Å². The Labute approximate surface area is 133 Å². The summed E-state index contributed by atoms with van der Waals surface area (Å²) in [4.78, 5) is 30.1. The average Bonchev–Trinajstić information content (AvgIpc) is 3.10. The van der Waals surface area contributed by atoms with Gasteiger partial charge in [0, 0.05) is 16.5 Å². The minimum Gasteiger partial charge on any atom is -0.300 e. The second-order valence-corrected chi connectivity index (χ2v) is 6.60. The fourth-order valence-corrected chi connectivity index (χ4v) is 3.75. The van der Waals surface area contributed by atoms with Gasteiger partial charge < -0.3 is 5.32 Å². The van der Waals surface area contributed by atoms with Crippen LogP contribution in [0.3, 0.4) is 0 Å². The van der Waals surface area contributed by atoms with Crippen molar-refractivity contribution in [3.8, 4) is 0 Å². The number of amides is 1. The van der Waals surface area contributed by atoms with Crippen LogP contribution in [0, 0.1) is 6.92 Å². The molecule has 0 unspecified atom stereocenters. The van der Waals surface area contributed by atoms with Gasteiger partial charge in [-0.25, -0.2) is 9.67 Å². The summed E-state index contributed by atoms with van der Waals surface area (Å²) in [5, 5.41) is 13.3. The molecule has 0 saturated carbocycles. The topological polar surface area (TPSA) is 89.8 Å². The van der Waals surface area contributed by atoms with Crippen LogP contribution >= 0.6 is 22.7 Å². The van der Waals surface area contributed by atoms with Gasteiger partial charge in [-0.15, -0.1) is 27.8 Å².